The number of carbonyl (C=O) groups is 2. The molecule has 196 valence electrons. The lowest BCUT2D eigenvalue weighted by atomic mass is 9.86. The highest BCUT2D eigenvalue weighted by molar-refractivity contribution is 6.01. The lowest BCUT2D eigenvalue weighted by Crippen LogP contribution is -2.39. The minimum atomic E-state index is -0.639. The first kappa shape index (κ1) is 25.1. The predicted molar refractivity (Wildman–Crippen MR) is 131 cm³/mol. The summed E-state index contributed by atoms with van der Waals surface area (Å²) < 4.78 is 50.7. The van der Waals surface area contributed by atoms with E-state index in [2.05, 4.69) is 10.4 Å². The molecule has 0 spiro atoms. The van der Waals surface area contributed by atoms with Gasteiger partial charge in [-0.05, 0) is 69.7 Å². The molecule has 10 heteroatoms. The number of pyridine rings is 1. The van der Waals surface area contributed by atoms with Crippen molar-refractivity contribution in [3.05, 3.63) is 65.2 Å². The van der Waals surface area contributed by atoms with Crippen molar-refractivity contribution in [3.63, 3.8) is 0 Å². The van der Waals surface area contributed by atoms with E-state index in [1.165, 1.54) is 10.7 Å². The summed E-state index contributed by atoms with van der Waals surface area (Å²) in [5, 5.41) is 7.10. The van der Waals surface area contributed by atoms with Crippen molar-refractivity contribution in [2.75, 3.05) is 18.1 Å². The van der Waals surface area contributed by atoms with Gasteiger partial charge in [0, 0.05) is 24.3 Å². The second-order valence-electron chi connectivity index (χ2n) is 9.66. The van der Waals surface area contributed by atoms with E-state index < -0.39 is 29.4 Å². The average molecular weight is 515 g/mol. The predicted octanol–water partition coefficient (Wildman–Crippen LogP) is 4.94. The van der Waals surface area contributed by atoms with E-state index in [1.807, 2.05) is 0 Å². The van der Waals surface area contributed by atoms with E-state index in [0.717, 1.165) is 18.2 Å². The third-order valence-corrected chi connectivity index (χ3v) is 7.41. The number of fused-ring (bicyclic) bond motifs is 1. The lowest BCUT2D eigenvalue weighted by Gasteiger charge is -2.28. The molecular weight excluding hydrogens is 485 g/mol. The number of esters is 1. The molecule has 1 saturated carbocycles. The van der Waals surface area contributed by atoms with Gasteiger partial charge < -0.3 is 15.0 Å². The van der Waals surface area contributed by atoms with Crippen molar-refractivity contribution in [1.82, 2.24) is 14.9 Å². The fourth-order valence-corrected chi connectivity index (χ4v) is 5.56. The van der Waals surface area contributed by atoms with Gasteiger partial charge in [-0.2, -0.15) is 5.10 Å². The van der Waals surface area contributed by atoms with E-state index in [-0.39, 0.29) is 40.3 Å². The first-order chi connectivity index (χ1) is 17.9. The van der Waals surface area contributed by atoms with Gasteiger partial charge in [0.15, 0.2) is 5.82 Å². The number of carbonyl (C=O) groups excluding carboxylic acids is 2. The molecular formula is C27H29F3N4O3. The molecule has 1 aliphatic carbocycles. The summed E-state index contributed by atoms with van der Waals surface area (Å²) in [5.41, 5.74) is 0.518. The van der Waals surface area contributed by atoms with Crippen LogP contribution in [0.3, 0.4) is 0 Å². The Kier molecular flexibility index (Phi) is 7.08. The van der Waals surface area contributed by atoms with Crippen molar-refractivity contribution in [1.29, 1.82) is 0 Å². The summed E-state index contributed by atoms with van der Waals surface area (Å²) in [6.45, 7) is 2.58. The van der Waals surface area contributed by atoms with Crippen LogP contribution < -0.4 is 10.2 Å². The highest BCUT2D eigenvalue weighted by atomic mass is 19.1. The van der Waals surface area contributed by atoms with E-state index in [1.54, 1.807) is 24.1 Å². The zero-order chi connectivity index (χ0) is 26.1. The normalized spacial score (nSPS) is 21.8. The van der Waals surface area contributed by atoms with Crippen molar-refractivity contribution < 1.29 is 27.5 Å². The van der Waals surface area contributed by atoms with Crippen molar-refractivity contribution in [2.24, 2.45) is 5.92 Å². The number of nitrogens with zero attached hydrogens (tertiary/aromatic N) is 3. The maximum absolute atomic E-state index is 15.9. The Hall–Kier alpha value is -3.56. The van der Waals surface area contributed by atoms with E-state index in [9.17, 15) is 18.4 Å². The van der Waals surface area contributed by atoms with Crippen molar-refractivity contribution in [2.45, 2.75) is 57.5 Å². The highest BCUT2D eigenvalue weighted by Crippen LogP contribution is 2.39. The van der Waals surface area contributed by atoms with E-state index in [4.69, 9.17) is 4.74 Å². The van der Waals surface area contributed by atoms with E-state index in [0.29, 0.717) is 51.7 Å². The van der Waals surface area contributed by atoms with E-state index >= 15 is 4.39 Å². The van der Waals surface area contributed by atoms with Gasteiger partial charge in [0.1, 0.15) is 17.2 Å². The van der Waals surface area contributed by atoms with Crippen LogP contribution in [0.5, 0.6) is 0 Å². The largest absolute Gasteiger partial charge is 0.466 e. The molecule has 1 aromatic carbocycles. The Morgan fingerprint density at radius 1 is 1.11 bits per heavy atom. The molecule has 0 bridgehead atoms. The van der Waals surface area contributed by atoms with Crippen molar-refractivity contribution in [3.8, 4) is 0 Å². The van der Waals surface area contributed by atoms with Gasteiger partial charge in [-0.1, -0.05) is 0 Å². The van der Waals surface area contributed by atoms with Gasteiger partial charge in [0.25, 0.3) is 5.91 Å². The SMILES string of the molecule is CCOC(=O)[C@H]1CC[C@H](NC(=O)c2cnn3ccc(N4CCC[C@@H]4c4cc(F)ccc4F)c(F)c23)CC1. The van der Waals surface area contributed by atoms with Crippen LogP contribution in [-0.2, 0) is 9.53 Å². The number of anilines is 1. The third kappa shape index (κ3) is 4.89. The minimum absolute atomic E-state index is 0.0283. The van der Waals surface area contributed by atoms with Gasteiger partial charge in [-0.15, -0.1) is 0 Å². The van der Waals surface area contributed by atoms with Gasteiger partial charge in [0.2, 0.25) is 0 Å². The van der Waals surface area contributed by atoms with Crippen LogP contribution in [0.2, 0.25) is 0 Å². The lowest BCUT2D eigenvalue weighted by molar-refractivity contribution is -0.149. The maximum Gasteiger partial charge on any atom is 0.308 e. The smallest absolute Gasteiger partial charge is 0.308 e. The molecule has 1 atom stereocenters. The number of aromatic nitrogens is 2. The standard InChI is InChI=1S/C27H29F3N4O3/c1-2-37-27(36)16-5-8-18(9-6-16)32-26(35)20-15-31-34-13-11-23(24(30)25(20)34)33-12-3-4-22(33)19-14-17(28)7-10-21(19)29/h7,10-11,13-16,18,22H,2-6,8-9,12H2,1H3,(H,32,35)/t16-,18-,22-/m1/s1. The Labute approximate surface area is 212 Å². The number of amides is 1. The molecule has 2 aliphatic rings. The Balaban J connectivity index is 1.37. The zero-order valence-electron chi connectivity index (χ0n) is 20.6. The van der Waals surface area contributed by atoms with Gasteiger partial charge in [0.05, 0.1) is 36.0 Å². The molecule has 1 N–H and O–H groups in total. The number of benzene rings is 1. The van der Waals surface area contributed by atoms with Crippen LogP contribution >= 0.6 is 0 Å². The maximum atomic E-state index is 15.9. The molecule has 7 nitrogen and oxygen atoms in total. The van der Waals surface area contributed by atoms with Crippen LogP contribution in [0, 0.1) is 23.4 Å². The molecule has 1 aliphatic heterocycles. The monoisotopic (exact) mass is 514 g/mol. The molecule has 1 amide bonds. The molecule has 0 unspecified atom stereocenters. The molecule has 3 aromatic rings. The topological polar surface area (TPSA) is 75.9 Å². The first-order valence-corrected chi connectivity index (χ1v) is 12.7. The highest BCUT2D eigenvalue weighted by Gasteiger charge is 2.33. The number of hydrogen-bond donors (Lipinski definition) is 1. The number of halogens is 3. The number of rotatable bonds is 6. The molecule has 1 saturated heterocycles. The van der Waals surface area contributed by atoms with Gasteiger partial charge >= 0.3 is 5.97 Å². The number of hydrogen-bond acceptors (Lipinski definition) is 5. The second-order valence-corrected chi connectivity index (χ2v) is 9.66. The summed E-state index contributed by atoms with van der Waals surface area (Å²) in [4.78, 5) is 26.8. The fourth-order valence-electron chi connectivity index (χ4n) is 5.56. The quantitative estimate of drug-likeness (QED) is 0.472. The van der Waals surface area contributed by atoms with Crippen molar-refractivity contribution >= 4 is 23.1 Å². The Morgan fingerprint density at radius 2 is 1.89 bits per heavy atom. The molecule has 2 fully saturated rings. The van der Waals surface area contributed by atoms with Crippen LogP contribution in [-0.4, -0.2) is 40.7 Å². The average Bonchev–Trinajstić information content (AvgIpc) is 3.54. The van der Waals surface area contributed by atoms with Gasteiger partial charge in [-0.3, -0.25) is 9.59 Å². The van der Waals surface area contributed by atoms with Crippen LogP contribution in [0.4, 0.5) is 18.9 Å². The summed E-state index contributed by atoms with van der Waals surface area (Å²) in [7, 11) is 0. The number of nitrogens with one attached hydrogen (secondary N) is 1. The Bertz CT molecular complexity index is 1320. The first-order valence-electron chi connectivity index (χ1n) is 12.7. The second kappa shape index (κ2) is 10.4. The molecule has 5 rings (SSSR count). The fraction of sp³-hybridized carbons (Fsp3) is 0.444. The summed E-state index contributed by atoms with van der Waals surface area (Å²) >= 11 is 0. The van der Waals surface area contributed by atoms with Crippen LogP contribution in [0.25, 0.3) is 5.52 Å². The molecule has 2 aromatic heterocycles. The summed E-state index contributed by atoms with van der Waals surface area (Å²) in [5.74, 6) is -2.55. The zero-order valence-corrected chi connectivity index (χ0v) is 20.6. The molecule has 3 heterocycles. The minimum Gasteiger partial charge on any atom is -0.466 e. The number of ether oxygens (including phenoxy) is 1. The van der Waals surface area contributed by atoms with Crippen LogP contribution in [0.15, 0.2) is 36.7 Å². The summed E-state index contributed by atoms with van der Waals surface area (Å²) in [6.07, 6.45) is 6.60. The third-order valence-electron chi connectivity index (χ3n) is 7.41. The molecule has 0 radical (unpaired) electrons. The van der Waals surface area contributed by atoms with Crippen LogP contribution in [0.1, 0.15) is 67.4 Å². The van der Waals surface area contributed by atoms with Gasteiger partial charge in [-0.25, -0.2) is 17.7 Å². The summed E-state index contributed by atoms with van der Waals surface area (Å²) in [6, 6.07) is 4.18. The Morgan fingerprint density at radius 3 is 2.65 bits per heavy atom. The molecule has 37 heavy (non-hydrogen) atoms.